The van der Waals surface area contributed by atoms with Crippen LogP contribution in [0.1, 0.15) is 23.7 Å². The van der Waals surface area contributed by atoms with Crippen molar-refractivity contribution in [1.29, 1.82) is 0 Å². The third kappa shape index (κ3) is 4.80. The largest absolute Gasteiger partial charge is 0.352 e. The predicted molar refractivity (Wildman–Crippen MR) is 81.4 cm³/mol. The number of nitrogens with one attached hydrogen (secondary N) is 2. The van der Waals surface area contributed by atoms with Gasteiger partial charge in [-0.05, 0) is 18.6 Å². The highest BCUT2D eigenvalue weighted by Crippen LogP contribution is 2.24. The van der Waals surface area contributed by atoms with Gasteiger partial charge < -0.3 is 10.7 Å². The molecule has 0 aromatic heterocycles. The maximum Gasteiger partial charge on any atom is 0.294 e. The smallest absolute Gasteiger partial charge is 0.294 e. The molecule has 8 nitrogen and oxygen atoms in total. The standard InChI is InChI=1S/C12H18N4O4S/c1-8(21(2)20)5-6-14-12(17)9-3-4-10(15-13)11(7-9)16(18)19/h3-4,7-8,15H,5-6,13H2,1-2H3,(H,14,17). The molecule has 21 heavy (non-hydrogen) atoms. The van der Waals surface area contributed by atoms with Gasteiger partial charge in [0.2, 0.25) is 0 Å². The van der Waals surface area contributed by atoms with Gasteiger partial charge in [-0.15, -0.1) is 0 Å². The maximum absolute atomic E-state index is 11.9. The number of nitrogens with zero attached hydrogens (tertiary/aromatic N) is 1. The van der Waals surface area contributed by atoms with Crippen LogP contribution in [0.2, 0.25) is 0 Å². The van der Waals surface area contributed by atoms with Gasteiger partial charge in [0.15, 0.2) is 0 Å². The minimum absolute atomic E-state index is 0.0246. The molecule has 0 aliphatic heterocycles. The summed E-state index contributed by atoms with van der Waals surface area (Å²) in [6, 6.07) is 3.97. The lowest BCUT2D eigenvalue weighted by molar-refractivity contribution is -0.384. The van der Waals surface area contributed by atoms with E-state index in [-0.39, 0.29) is 22.2 Å². The first kappa shape index (κ1) is 17.1. The monoisotopic (exact) mass is 314 g/mol. The summed E-state index contributed by atoms with van der Waals surface area (Å²) < 4.78 is 11.2. The number of anilines is 1. The minimum Gasteiger partial charge on any atom is -0.352 e. The third-order valence-electron chi connectivity index (χ3n) is 3.02. The van der Waals surface area contributed by atoms with Crippen LogP contribution in [0, 0.1) is 10.1 Å². The molecular formula is C12H18N4O4S. The van der Waals surface area contributed by atoms with Gasteiger partial charge in [0.1, 0.15) is 5.69 Å². The van der Waals surface area contributed by atoms with Gasteiger partial charge in [-0.1, -0.05) is 6.92 Å². The van der Waals surface area contributed by atoms with Crippen LogP contribution in [0.15, 0.2) is 18.2 Å². The first-order valence-electron chi connectivity index (χ1n) is 6.22. The summed E-state index contributed by atoms with van der Waals surface area (Å²) in [6.45, 7) is 2.18. The Hall–Kier alpha value is -2.00. The zero-order chi connectivity index (χ0) is 16.0. The fraction of sp³-hybridized carbons (Fsp3) is 0.417. The van der Waals surface area contributed by atoms with Crippen LogP contribution >= 0.6 is 0 Å². The van der Waals surface area contributed by atoms with E-state index in [4.69, 9.17) is 5.84 Å². The van der Waals surface area contributed by atoms with Crippen molar-refractivity contribution in [3.05, 3.63) is 33.9 Å². The van der Waals surface area contributed by atoms with Gasteiger partial charge in [-0.2, -0.15) is 0 Å². The minimum atomic E-state index is -0.946. The maximum atomic E-state index is 11.9. The van der Waals surface area contributed by atoms with E-state index >= 15 is 0 Å². The summed E-state index contributed by atoms with van der Waals surface area (Å²) in [5.74, 6) is 4.75. The molecule has 0 saturated heterocycles. The van der Waals surface area contributed by atoms with E-state index in [1.54, 1.807) is 6.26 Å². The van der Waals surface area contributed by atoms with Crippen LogP contribution in [0.4, 0.5) is 11.4 Å². The molecule has 1 amide bonds. The number of hydrazine groups is 1. The molecule has 9 heteroatoms. The van der Waals surface area contributed by atoms with E-state index in [1.165, 1.54) is 12.1 Å². The Balaban J connectivity index is 2.73. The molecule has 0 aliphatic carbocycles. The van der Waals surface area contributed by atoms with Gasteiger partial charge in [0, 0.05) is 40.5 Å². The lowest BCUT2D eigenvalue weighted by Gasteiger charge is -2.10. The van der Waals surface area contributed by atoms with Crippen molar-refractivity contribution in [3.8, 4) is 0 Å². The Kier molecular flexibility index (Phi) is 6.25. The molecular weight excluding hydrogens is 296 g/mol. The molecule has 0 saturated carbocycles. The van der Waals surface area contributed by atoms with Crippen LogP contribution in [-0.2, 0) is 10.8 Å². The number of hydrogen-bond acceptors (Lipinski definition) is 6. The van der Waals surface area contributed by atoms with Gasteiger partial charge in [-0.25, -0.2) is 0 Å². The van der Waals surface area contributed by atoms with E-state index in [0.29, 0.717) is 13.0 Å². The topological polar surface area (TPSA) is 127 Å². The highest BCUT2D eigenvalue weighted by Gasteiger charge is 2.17. The molecule has 1 aromatic rings. The quantitative estimate of drug-likeness (QED) is 0.387. The van der Waals surface area contributed by atoms with Gasteiger partial charge in [0.25, 0.3) is 11.6 Å². The van der Waals surface area contributed by atoms with Crippen LogP contribution in [-0.4, -0.2) is 33.1 Å². The van der Waals surface area contributed by atoms with Crippen LogP contribution in [0.5, 0.6) is 0 Å². The van der Waals surface area contributed by atoms with Crippen LogP contribution in [0.3, 0.4) is 0 Å². The lowest BCUT2D eigenvalue weighted by atomic mass is 10.1. The Morgan fingerprint density at radius 1 is 1.52 bits per heavy atom. The molecule has 2 atom stereocenters. The number of amides is 1. The number of benzene rings is 1. The number of nitro groups is 1. The number of nitro benzene ring substituents is 1. The average molecular weight is 314 g/mol. The molecule has 1 rings (SSSR count). The number of carbonyl (C=O) groups is 1. The van der Waals surface area contributed by atoms with E-state index in [0.717, 1.165) is 6.07 Å². The highest BCUT2D eigenvalue weighted by molar-refractivity contribution is 7.84. The Bertz CT molecular complexity index is 564. The Morgan fingerprint density at radius 3 is 2.71 bits per heavy atom. The van der Waals surface area contributed by atoms with Gasteiger partial charge in [0.05, 0.1) is 4.92 Å². The zero-order valence-corrected chi connectivity index (χ0v) is 12.6. The Labute approximate surface area is 124 Å². The van der Waals surface area contributed by atoms with E-state index in [1.807, 2.05) is 6.92 Å². The fourth-order valence-corrected chi connectivity index (χ4v) is 2.05. The SMILES string of the molecule is CC(CCNC(=O)c1ccc(NN)c([N+](=O)[O-])c1)S(C)=O. The molecule has 0 spiro atoms. The molecule has 116 valence electrons. The van der Waals surface area contributed by atoms with Gasteiger partial charge >= 0.3 is 0 Å². The Morgan fingerprint density at radius 2 is 2.19 bits per heavy atom. The molecule has 0 radical (unpaired) electrons. The lowest BCUT2D eigenvalue weighted by Crippen LogP contribution is -2.27. The first-order chi connectivity index (χ1) is 9.86. The van der Waals surface area contributed by atoms with E-state index < -0.39 is 21.6 Å². The van der Waals surface area contributed by atoms with Crippen molar-refractivity contribution >= 4 is 28.1 Å². The number of nitrogens with two attached hydrogens (primary N) is 1. The summed E-state index contributed by atoms with van der Waals surface area (Å²) >= 11 is 0. The van der Waals surface area contributed by atoms with Crippen LogP contribution < -0.4 is 16.6 Å². The summed E-state index contributed by atoms with van der Waals surface area (Å²) in [5, 5.41) is 13.5. The number of carbonyl (C=O) groups excluding carboxylic acids is 1. The summed E-state index contributed by atoms with van der Waals surface area (Å²) in [5.41, 5.74) is 2.24. The molecule has 0 bridgehead atoms. The molecule has 1 aromatic carbocycles. The first-order valence-corrected chi connectivity index (χ1v) is 7.84. The highest BCUT2D eigenvalue weighted by atomic mass is 32.2. The van der Waals surface area contributed by atoms with Gasteiger partial charge in [-0.3, -0.25) is 25.0 Å². The van der Waals surface area contributed by atoms with Crippen molar-refractivity contribution in [1.82, 2.24) is 5.32 Å². The van der Waals surface area contributed by atoms with Crippen molar-refractivity contribution in [2.24, 2.45) is 5.84 Å². The zero-order valence-electron chi connectivity index (χ0n) is 11.8. The van der Waals surface area contributed by atoms with E-state index in [2.05, 4.69) is 10.7 Å². The molecule has 0 heterocycles. The molecule has 0 fully saturated rings. The summed E-state index contributed by atoms with van der Waals surface area (Å²) in [6.07, 6.45) is 2.17. The predicted octanol–water partition coefficient (Wildman–Crippen LogP) is 0.767. The summed E-state index contributed by atoms with van der Waals surface area (Å²) in [4.78, 5) is 22.2. The normalized spacial score (nSPS) is 13.3. The second-order valence-electron chi connectivity index (χ2n) is 4.49. The summed E-state index contributed by atoms with van der Waals surface area (Å²) in [7, 11) is -0.946. The number of hydrogen-bond donors (Lipinski definition) is 3. The van der Waals surface area contributed by atoms with Crippen molar-refractivity contribution < 1.29 is 13.9 Å². The second-order valence-corrected chi connectivity index (χ2v) is 6.29. The number of rotatable bonds is 7. The number of nitrogen functional groups attached to an aromatic ring is 1. The molecule has 4 N–H and O–H groups in total. The molecule has 0 aliphatic rings. The van der Waals surface area contributed by atoms with Crippen molar-refractivity contribution in [3.63, 3.8) is 0 Å². The van der Waals surface area contributed by atoms with Crippen molar-refractivity contribution in [2.45, 2.75) is 18.6 Å². The fourth-order valence-electron chi connectivity index (χ4n) is 1.60. The average Bonchev–Trinajstić information content (AvgIpc) is 2.45. The van der Waals surface area contributed by atoms with Crippen LogP contribution in [0.25, 0.3) is 0 Å². The second kappa shape index (κ2) is 7.70. The third-order valence-corrected chi connectivity index (χ3v) is 4.38. The van der Waals surface area contributed by atoms with Crippen molar-refractivity contribution in [2.75, 3.05) is 18.2 Å². The van der Waals surface area contributed by atoms with E-state index in [9.17, 15) is 19.1 Å². The molecule has 2 unspecified atom stereocenters.